The summed E-state index contributed by atoms with van der Waals surface area (Å²) in [6.45, 7) is 0.247. The van der Waals surface area contributed by atoms with Crippen LogP contribution in [0.15, 0.2) is 18.5 Å². The Labute approximate surface area is 116 Å². The molecule has 0 saturated heterocycles. The van der Waals surface area contributed by atoms with E-state index in [2.05, 4.69) is 10.4 Å². The van der Waals surface area contributed by atoms with Crippen molar-refractivity contribution in [3.8, 4) is 0 Å². The number of amides is 1. The number of carboxylic acids is 1. The van der Waals surface area contributed by atoms with Crippen LogP contribution in [-0.4, -0.2) is 49.1 Å². The molecule has 0 bridgehead atoms. The molecule has 2 N–H and O–H groups in total. The number of hydrogen-bond donors (Lipinski definition) is 2. The van der Waals surface area contributed by atoms with E-state index < -0.39 is 21.7 Å². The van der Waals surface area contributed by atoms with Crippen molar-refractivity contribution in [1.29, 1.82) is 0 Å². The maximum absolute atomic E-state index is 11.7. The van der Waals surface area contributed by atoms with Gasteiger partial charge in [0.2, 0.25) is 0 Å². The molecule has 8 nitrogen and oxygen atoms in total. The summed E-state index contributed by atoms with van der Waals surface area (Å²) in [6.07, 6.45) is 3.83. The third-order valence-electron chi connectivity index (χ3n) is 2.35. The van der Waals surface area contributed by atoms with Crippen LogP contribution in [0.2, 0.25) is 0 Å². The third kappa shape index (κ3) is 6.23. The summed E-state index contributed by atoms with van der Waals surface area (Å²) < 4.78 is 23.2. The molecule has 9 heteroatoms. The fourth-order valence-corrected chi connectivity index (χ4v) is 1.79. The SMILES string of the molecule is CS(=O)(=O)CCNC(=O)c1cc[n+](CCC(=O)O)nc1. The molecule has 0 aliphatic carbocycles. The number of aliphatic carboxylic acids is 1. The van der Waals surface area contributed by atoms with Gasteiger partial charge in [0.15, 0.2) is 12.7 Å². The first-order valence-electron chi connectivity index (χ1n) is 5.81. The summed E-state index contributed by atoms with van der Waals surface area (Å²) >= 11 is 0. The molecular weight excluding hydrogens is 286 g/mol. The second-order valence-corrected chi connectivity index (χ2v) is 6.47. The second kappa shape index (κ2) is 6.94. The van der Waals surface area contributed by atoms with Gasteiger partial charge in [-0.3, -0.25) is 9.59 Å². The van der Waals surface area contributed by atoms with E-state index in [4.69, 9.17) is 5.11 Å². The molecule has 0 unspecified atom stereocenters. The van der Waals surface area contributed by atoms with Gasteiger partial charge in [-0.1, -0.05) is 4.68 Å². The van der Waals surface area contributed by atoms with E-state index in [1.54, 1.807) is 0 Å². The number of carbonyl (C=O) groups excluding carboxylic acids is 1. The summed E-state index contributed by atoms with van der Waals surface area (Å²) in [5, 5.41) is 14.9. The molecule has 0 spiro atoms. The number of hydrogen-bond acceptors (Lipinski definition) is 5. The Balaban J connectivity index is 2.51. The molecular formula is C11H16N3O5S+. The van der Waals surface area contributed by atoms with E-state index in [9.17, 15) is 18.0 Å². The zero-order valence-corrected chi connectivity index (χ0v) is 11.8. The number of aromatic nitrogens is 2. The smallest absolute Gasteiger partial charge is 0.309 e. The van der Waals surface area contributed by atoms with Crippen LogP contribution in [0.5, 0.6) is 0 Å². The molecule has 0 aliphatic rings. The van der Waals surface area contributed by atoms with Crippen molar-refractivity contribution in [2.45, 2.75) is 13.0 Å². The van der Waals surface area contributed by atoms with Crippen molar-refractivity contribution in [2.75, 3.05) is 18.6 Å². The van der Waals surface area contributed by atoms with Crippen molar-refractivity contribution in [2.24, 2.45) is 0 Å². The number of nitrogens with zero attached hydrogens (tertiary/aromatic N) is 2. The summed E-state index contributed by atoms with van der Waals surface area (Å²) in [7, 11) is -3.11. The number of carbonyl (C=O) groups is 2. The first-order valence-corrected chi connectivity index (χ1v) is 7.87. The van der Waals surface area contributed by atoms with Gasteiger partial charge in [-0.2, -0.15) is 0 Å². The lowest BCUT2D eigenvalue weighted by atomic mass is 10.3. The molecule has 20 heavy (non-hydrogen) atoms. The first kappa shape index (κ1) is 16.0. The van der Waals surface area contributed by atoms with Gasteiger partial charge in [-0.25, -0.2) is 8.42 Å². The average molecular weight is 302 g/mol. The maximum Gasteiger partial charge on any atom is 0.309 e. The summed E-state index contributed by atoms with van der Waals surface area (Å²) in [5.74, 6) is -1.48. The molecule has 1 amide bonds. The number of rotatable bonds is 7. The number of sulfone groups is 1. The Hall–Kier alpha value is -2.03. The van der Waals surface area contributed by atoms with Gasteiger partial charge in [0.05, 0.1) is 11.3 Å². The predicted molar refractivity (Wildman–Crippen MR) is 68.7 cm³/mol. The van der Waals surface area contributed by atoms with E-state index >= 15 is 0 Å². The largest absolute Gasteiger partial charge is 0.481 e. The van der Waals surface area contributed by atoms with E-state index in [1.165, 1.54) is 23.1 Å². The fraction of sp³-hybridized carbons (Fsp3) is 0.455. The maximum atomic E-state index is 11.7. The molecule has 0 aromatic carbocycles. The minimum atomic E-state index is -3.11. The predicted octanol–water partition coefficient (Wildman–Crippen LogP) is -1.38. The van der Waals surface area contributed by atoms with Gasteiger partial charge in [0.1, 0.15) is 22.5 Å². The highest BCUT2D eigenvalue weighted by Crippen LogP contribution is 1.93. The van der Waals surface area contributed by atoms with E-state index in [0.717, 1.165) is 6.26 Å². The molecule has 1 rings (SSSR count). The van der Waals surface area contributed by atoms with Crippen LogP contribution in [0.4, 0.5) is 0 Å². The van der Waals surface area contributed by atoms with Gasteiger partial charge >= 0.3 is 5.97 Å². The van der Waals surface area contributed by atoms with Crippen molar-refractivity contribution in [1.82, 2.24) is 10.4 Å². The average Bonchev–Trinajstić information content (AvgIpc) is 2.35. The fourth-order valence-electron chi connectivity index (χ4n) is 1.31. The Kier molecular flexibility index (Phi) is 5.56. The highest BCUT2D eigenvalue weighted by molar-refractivity contribution is 7.90. The highest BCUT2D eigenvalue weighted by atomic mass is 32.2. The van der Waals surface area contributed by atoms with E-state index in [0.29, 0.717) is 0 Å². The van der Waals surface area contributed by atoms with Crippen LogP contribution in [-0.2, 0) is 21.2 Å². The minimum Gasteiger partial charge on any atom is -0.481 e. The van der Waals surface area contributed by atoms with Crippen molar-refractivity contribution in [3.05, 3.63) is 24.0 Å². The Morgan fingerprint density at radius 2 is 2.15 bits per heavy atom. The van der Waals surface area contributed by atoms with Crippen molar-refractivity contribution >= 4 is 21.7 Å². The molecule has 0 aliphatic heterocycles. The van der Waals surface area contributed by atoms with Crippen LogP contribution in [0.1, 0.15) is 16.8 Å². The molecule has 1 aromatic heterocycles. The number of aryl methyl sites for hydroxylation is 1. The Morgan fingerprint density at radius 3 is 2.65 bits per heavy atom. The third-order valence-corrected chi connectivity index (χ3v) is 3.29. The molecule has 1 aromatic rings. The monoisotopic (exact) mass is 302 g/mol. The summed E-state index contributed by atoms with van der Waals surface area (Å²) in [5.41, 5.74) is 0.282. The molecule has 0 fully saturated rings. The highest BCUT2D eigenvalue weighted by Gasteiger charge is 2.11. The second-order valence-electron chi connectivity index (χ2n) is 4.21. The lowest BCUT2D eigenvalue weighted by molar-refractivity contribution is -0.753. The topological polar surface area (TPSA) is 117 Å². The molecule has 0 saturated carbocycles. The van der Waals surface area contributed by atoms with Crippen LogP contribution >= 0.6 is 0 Å². The zero-order valence-electron chi connectivity index (χ0n) is 10.9. The van der Waals surface area contributed by atoms with Crippen LogP contribution in [0.25, 0.3) is 0 Å². The molecule has 0 atom stereocenters. The minimum absolute atomic E-state index is 0.0333. The van der Waals surface area contributed by atoms with Crippen LogP contribution in [0.3, 0.4) is 0 Å². The van der Waals surface area contributed by atoms with Gasteiger partial charge in [0.25, 0.3) is 5.91 Å². The molecule has 0 radical (unpaired) electrons. The molecule has 110 valence electrons. The van der Waals surface area contributed by atoms with Gasteiger partial charge in [0, 0.05) is 18.9 Å². The standard InChI is InChI=1S/C11H15N3O5S/c1-20(18,19)7-4-12-11(17)9-2-5-14(13-8-9)6-3-10(15)16/h2,5,8H,3-4,6-7H2,1H3,(H-,12,15,16,17)/p+1. The van der Waals surface area contributed by atoms with Crippen LogP contribution in [0, 0.1) is 0 Å². The van der Waals surface area contributed by atoms with Gasteiger partial charge in [-0.05, 0) is 5.10 Å². The lowest BCUT2D eigenvalue weighted by Gasteiger charge is -2.03. The Morgan fingerprint density at radius 1 is 1.45 bits per heavy atom. The zero-order chi connectivity index (χ0) is 15.2. The van der Waals surface area contributed by atoms with E-state index in [-0.39, 0.29) is 30.8 Å². The lowest BCUT2D eigenvalue weighted by Crippen LogP contribution is -2.39. The van der Waals surface area contributed by atoms with E-state index in [1.807, 2.05) is 0 Å². The Bertz CT molecular complexity index is 583. The van der Waals surface area contributed by atoms with Crippen molar-refractivity contribution < 1.29 is 27.8 Å². The summed E-state index contributed by atoms with van der Waals surface area (Å²) in [4.78, 5) is 22.1. The van der Waals surface area contributed by atoms with Gasteiger partial charge < -0.3 is 10.4 Å². The quantitative estimate of drug-likeness (QED) is 0.599. The molecule has 1 heterocycles. The van der Waals surface area contributed by atoms with Crippen LogP contribution < -0.4 is 10.00 Å². The van der Waals surface area contributed by atoms with Gasteiger partial charge in [-0.15, -0.1) is 0 Å². The number of nitrogens with one attached hydrogen (secondary N) is 1. The van der Waals surface area contributed by atoms with Crippen molar-refractivity contribution in [3.63, 3.8) is 0 Å². The summed E-state index contributed by atoms with van der Waals surface area (Å²) in [6, 6.07) is 1.49. The normalized spacial score (nSPS) is 11.1. The first-order chi connectivity index (χ1) is 9.28. The number of carboxylic acid groups (broad SMARTS) is 1.